The molecule has 0 aliphatic rings. The maximum Gasteiger partial charge on any atom is 0.0813 e. The minimum Gasteiger partial charge on any atom is -0.388 e. The van der Waals surface area contributed by atoms with E-state index in [1.165, 1.54) is 4.88 Å². The summed E-state index contributed by atoms with van der Waals surface area (Å²) in [5.74, 6) is 0. The molecule has 2 nitrogen and oxygen atoms in total. The molecule has 0 spiro atoms. The van der Waals surface area contributed by atoms with E-state index in [4.69, 9.17) is 23.2 Å². The van der Waals surface area contributed by atoms with Gasteiger partial charge in [0.05, 0.1) is 12.1 Å². The Balaban J connectivity index is 1.77. The first-order valence-electron chi connectivity index (χ1n) is 7.61. The van der Waals surface area contributed by atoms with Crippen molar-refractivity contribution >= 4 is 40.2 Å². The molecule has 124 valence electrons. The third kappa shape index (κ3) is 4.52. The summed E-state index contributed by atoms with van der Waals surface area (Å²) in [6, 6.07) is 19.0. The second-order valence-electron chi connectivity index (χ2n) is 5.52. The second kappa shape index (κ2) is 8.04. The highest BCUT2D eigenvalue weighted by Crippen LogP contribution is 2.32. The van der Waals surface area contributed by atoms with Gasteiger partial charge in [0.25, 0.3) is 0 Å². The molecular formula is C19H17Cl2NOS. The quantitative estimate of drug-likeness (QED) is 0.525. The smallest absolute Gasteiger partial charge is 0.0813 e. The van der Waals surface area contributed by atoms with Crippen molar-refractivity contribution in [2.24, 2.45) is 0 Å². The first-order chi connectivity index (χ1) is 11.6. The van der Waals surface area contributed by atoms with Crippen LogP contribution in [0, 0.1) is 0 Å². The monoisotopic (exact) mass is 377 g/mol. The van der Waals surface area contributed by atoms with Crippen LogP contribution in [0.5, 0.6) is 0 Å². The molecule has 0 saturated heterocycles. The number of halogens is 2. The maximum atomic E-state index is 10.6. The van der Waals surface area contributed by atoms with Crippen molar-refractivity contribution in [3.05, 3.63) is 86.5 Å². The number of aliphatic hydroxyl groups is 1. The van der Waals surface area contributed by atoms with Gasteiger partial charge in [-0.25, -0.2) is 0 Å². The van der Waals surface area contributed by atoms with Gasteiger partial charge in [-0.1, -0.05) is 41.4 Å². The third-order valence-electron chi connectivity index (χ3n) is 3.79. The molecule has 0 radical (unpaired) electrons. The fourth-order valence-electron chi connectivity index (χ4n) is 2.53. The van der Waals surface area contributed by atoms with Crippen LogP contribution in [0.15, 0.2) is 66.0 Å². The maximum absolute atomic E-state index is 10.6. The molecule has 2 atom stereocenters. The highest BCUT2D eigenvalue weighted by atomic mass is 35.5. The predicted molar refractivity (Wildman–Crippen MR) is 103 cm³/mol. The number of nitrogens with one attached hydrogen (secondary N) is 1. The number of rotatable bonds is 6. The summed E-state index contributed by atoms with van der Waals surface area (Å²) < 4.78 is 0. The molecule has 0 aliphatic heterocycles. The van der Waals surface area contributed by atoms with Gasteiger partial charge in [-0.2, -0.15) is 0 Å². The predicted octanol–water partition coefficient (Wildman–Crippen LogP) is 6.33. The lowest BCUT2D eigenvalue weighted by Gasteiger charge is -2.22. The molecule has 1 heterocycles. The first kappa shape index (κ1) is 17.3. The molecular weight excluding hydrogens is 361 g/mol. The Morgan fingerprint density at radius 3 is 2.12 bits per heavy atom. The van der Waals surface area contributed by atoms with Crippen LogP contribution in [0.2, 0.25) is 10.0 Å². The van der Waals surface area contributed by atoms with Gasteiger partial charge >= 0.3 is 0 Å². The molecule has 3 aromatic rings. The highest BCUT2D eigenvalue weighted by Gasteiger charge is 2.19. The van der Waals surface area contributed by atoms with Crippen LogP contribution >= 0.6 is 34.5 Å². The van der Waals surface area contributed by atoms with Gasteiger partial charge < -0.3 is 10.4 Å². The van der Waals surface area contributed by atoms with Crippen LogP contribution in [0.25, 0.3) is 0 Å². The molecule has 0 amide bonds. The summed E-state index contributed by atoms with van der Waals surface area (Å²) in [5.41, 5.74) is 1.83. The molecule has 0 aliphatic carbocycles. The van der Waals surface area contributed by atoms with E-state index in [1.807, 2.05) is 47.8 Å². The SMILES string of the molecule is OC(CC(Nc1ccc(Cl)cc1)c1cccs1)c1ccc(Cl)cc1. The number of thiophene rings is 1. The lowest BCUT2D eigenvalue weighted by Crippen LogP contribution is -2.13. The van der Waals surface area contributed by atoms with Gasteiger partial charge in [-0.15, -0.1) is 11.3 Å². The van der Waals surface area contributed by atoms with Gasteiger partial charge in [-0.05, 0) is 53.4 Å². The van der Waals surface area contributed by atoms with E-state index in [1.54, 1.807) is 23.5 Å². The van der Waals surface area contributed by atoms with Gasteiger partial charge in [-0.3, -0.25) is 0 Å². The van der Waals surface area contributed by atoms with E-state index < -0.39 is 6.10 Å². The Morgan fingerprint density at radius 2 is 1.54 bits per heavy atom. The van der Waals surface area contributed by atoms with Crippen LogP contribution in [-0.4, -0.2) is 5.11 Å². The van der Waals surface area contributed by atoms with Gasteiger partial charge in [0.2, 0.25) is 0 Å². The summed E-state index contributed by atoms with van der Waals surface area (Å²) >= 11 is 13.5. The van der Waals surface area contributed by atoms with Crippen molar-refractivity contribution < 1.29 is 5.11 Å². The minimum absolute atomic E-state index is 0.0110. The van der Waals surface area contributed by atoms with E-state index in [0.29, 0.717) is 16.5 Å². The lowest BCUT2D eigenvalue weighted by atomic mass is 10.0. The molecule has 0 saturated carbocycles. The van der Waals surface area contributed by atoms with Crippen molar-refractivity contribution in [2.45, 2.75) is 18.6 Å². The van der Waals surface area contributed by atoms with E-state index in [9.17, 15) is 5.11 Å². The third-order valence-corrected chi connectivity index (χ3v) is 5.28. The van der Waals surface area contributed by atoms with E-state index in [2.05, 4.69) is 11.4 Å². The van der Waals surface area contributed by atoms with Gasteiger partial charge in [0.15, 0.2) is 0 Å². The summed E-state index contributed by atoms with van der Waals surface area (Å²) in [7, 11) is 0. The Morgan fingerprint density at radius 1 is 0.917 bits per heavy atom. The zero-order valence-corrected chi connectivity index (χ0v) is 15.2. The Hall–Kier alpha value is -1.52. The average Bonchev–Trinajstić information content (AvgIpc) is 3.11. The Labute approximate surface area is 155 Å². The lowest BCUT2D eigenvalue weighted by molar-refractivity contribution is 0.161. The second-order valence-corrected chi connectivity index (χ2v) is 7.37. The summed E-state index contributed by atoms with van der Waals surface area (Å²) in [6.07, 6.45) is -0.0146. The van der Waals surface area contributed by atoms with Crippen LogP contribution in [-0.2, 0) is 0 Å². The molecule has 2 unspecified atom stereocenters. The molecule has 5 heteroatoms. The van der Waals surface area contributed by atoms with Crippen LogP contribution in [0.4, 0.5) is 5.69 Å². The molecule has 2 aromatic carbocycles. The molecule has 2 N–H and O–H groups in total. The Kier molecular flexibility index (Phi) is 5.80. The van der Waals surface area contributed by atoms with Crippen molar-refractivity contribution in [3.8, 4) is 0 Å². The van der Waals surface area contributed by atoms with Crippen molar-refractivity contribution in [1.29, 1.82) is 0 Å². The summed E-state index contributed by atoms with van der Waals surface area (Å²) in [4.78, 5) is 1.18. The highest BCUT2D eigenvalue weighted by molar-refractivity contribution is 7.10. The number of hydrogen-bond acceptors (Lipinski definition) is 3. The summed E-state index contributed by atoms with van der Waals surface area (Å²) in [6.45, 7) is 0. The molecule has 24 heavy (non-hydrogen) atoms. The fourth-order valence-corrected chi connectivity index (χ4v) is 3.57. The topological polar surface area (TPSA) is 32.3 Å². The molecule has 1 aromatic heterocycles. The fraction of sp³-hybridized carbons (Fsp3) is 0.158. The molecule has 3 rings (SSSR count). The largest absolute Gasteiger partial charge is 0.388 e. The zero-order valence-electron chi connectivity index (χ0n) is 12.8. The van der Waals surface area contributed by atoms with Gasteiger partial charge in [0.1, 0.15) is 0 Å². The first-order valence-corrected chi connectivity index (χ1v) is 9.24. The van der Waals surface area contributed by atoms with Crippen LogP contribution < -0.4 is 5.32 Å². The number of hydrogen-bond donors (Lipinski definition) is 2. The normalized spacial score (nSPS) is 13.5. The summed E-state index contributed by atoms with van der Waals surface area (Å²) in [5, 5.41) is 17.5. The number of aliphatic hydroxyl groups excluding tert-OH is 1. The van der Waals surface area contributed by atoms with E-state index in [0.717, 1.165) is 11.3 Å². The minimum atomic E-state index is -0.575. The van der Waals surface area contributed by atoms with Crippen molar-refractivity contribution in [2.75, 3.05) is 5.32 Å². The Bertz CT molecular complexity index is 757. The van der Waals surface area contributed by atoms with Crippen LogP contribution in [0.3, 0.4) is 0 Å². The van der Waals surface area contributed by atoms with Gasteiger partial charge in [0, 0.05) is 27.0 Å². The van der Waals surface area contributed by atoms with E-state index >= 15 is 0 Å². The zero-order chi connectivity index (χ0) is 16.9. The van der Waals surface area contributed by atoms with Crippen molar-refractivity contribution in [3.63, 3.8) is 0 Å². The van der Waals surface area contributed by atoms with Crippen molar-refractivity contribution in [1.82, 2.24) is 0 Å². The average molecular weight is 378 g/mol. The molecule has 0 bridgehead atoms. The number of anilines is 1. The number of benzene rings is 2. The van der Waals surface area contributed by atoms with E-state index in [-0.39, 0.29) is 6.04 Å². The molecule has 0 fully saturated rings. The van der Waals surface area contributed by atoms with Crippen LogP contribution in [0.1, 0.15) is 29.0 Å². The standard InChI is InChI=1S/C19H17Cl2NOS/c20-14-5-3-13(4-6-14)18(23)12-17(19-2-1-11-24-19)22-16-9-7-15(21)8-10-16/h1-11,17-18,22-23H,12H2.